The van der Waals surface area contributed by atoms with E-state index in [0.717, 1.165) is 11.3 Å². The van der Waals surface area contributed by atoms with E-state index in [0.29, 0.717) is 11.7 Å². The number of nitrogens with zero attached hydrogens (tertiary/aromatic N) is 2. The number of fused-ring (bicyclic) bond motifs is 1. The van der Waals surface area contributed by atoms with Gasteiger partial charge in [0.1, 0.15) is 0 Å². The Hall–Kier alpha value is -1.58. The molecule has 0 aromatic carbocycles. The maximum atomic E-state index is 12.3. The lowest BCUT2D eigenvalue weighted by atomic mass is 9.97. The van der Waals surface area contributed by atoms with Crippen molar-refractivity contribution in [1.29, 1.82) is 0 Å². The number of hydrogen-bond acceptors (Lipinski definition) is 2. The Labute approximate surface area is 94.3 Å². The lowest BCUT2D eigenvalue weighted by Crippen LogP contribution is -2.23. The zero-order valence-electron chi connectivity index (χ0n) is 10.1. The van der Waals surface area contributed by atoms with Gasteiger partial charge in [0.25, 0.3) is 5.56 Å². The van der Waals surface area contributed by atoms with Crippen molar-refractivity contribution in [1.82, 2.24) is 14.4 Å². The second kappa shape index (κ2) is 3.77. The fourth-order valence-corrected chi connectivity index (χ4v) is 2.01. The highest BCUT2D eigenvalue weighted by molar-refractivity contribution is 5.35. The van der Waals surface area contributed by atoms with Crippen LogP contribution in [-0.4, -0.2) is 14.4 Å². The second-order valence-electron chi connectivity index (χ2n) is 4.69. The highest BCUT2D eigenvalue weighted by atomic mass is 16.1. The summed E-state index contributed by atoms with van der Waals surface area (Å²) in [7, 11) is 0. The smallest absolute Gasteiger partial charge is 0.262 e. The van der Waals surface area contributed by atoms with Gasteiger partial charge < -0.3 is 4.98 Å². The van der Waals surface area contributed by atoms with E-state index in [1.165, 1.54) is 0 Å². The molecule has 0 unspecified atom stereocenters. The van der Waals surface area contributed by atoms with E-state index in [9.17, 15) is 4.79 Å². The minimum Gasteiger partial charge on any atom is -0.328 e. The van der Waals surface area contributed by atoms with Crippen LogP contribution in [0.5, 0.6) is 0 Å². The van der Waals surface area contributed by atoms with Crippen molar-refractivity contribution in [2.75, 3.05) is 0 Å². The third-order valence-electron chi connectivity index (χ3n) is 2.78. The lowest BCUT2D eigenvalue weighted by Gasteiger charge is -2.15. The summed E-state index contributed by atoms with van der Waals surface area (Å²) in [6.45, 7) is 8.24. The molecule has 0 radical (unpaired) electrons. The van der Waals surface area contributed by atoms with E-state index >= 15 is 0 Å². The van der Waals surface area contributed by atoms with Crippen LogP contribution in [0, 0.1) is 0 Å². The normalized spacial score (nSPS) is 11.9. The van der Waals surface area contributed by atoms with Gasteiger partial charge in [0, 0.05) is 23.7 Å². The van der Waals surface area contributed by atoms with Crippen LogP contribution in [0.25, 0.3) is 5.78 Å². The van der Waals surface area contributed by atoms with Crippen LogP contribution in [0.1, 0.15) is 50.8 Å². The summed E-state index contributed by atoms with van der Waals surface area (Å²) in [5.41, 5.74) is 1.91. The summed E-state index contributed by atoms with van der Waals surface area (Å²) in [6.07, 6.45) is 3.34. The van der Waals surface area contributed by atoms with Crippen LogP contribution in [0.3, 0.4) is 0 Å². The molecule has 2 aromatic rings. The highest BCUT2D eigenvalue weighted by Crippen LogP contribution is 2.21. The molecule has 0 aliphatic carbocycles. The highest BCUT2D eigenvalue weighted by Gasteiger charge is 2.17. The number of aromatic amines is 1. The fraction of sp³-hybridized carbons (Fsp3) is 0.500. The van der Waals surface area contributed by atoms with Gasteiger partial charge in [-0.1, -0.05) is 27.7 Å². The predicted molar refractivity (Wildman–Crippen MR) is 64.0 cm³/mol. The van der Waals surface area contributed by atoms with E-state index in [-0.39, 0.29) is 11.5 Å². The molecule has 16 heavy (non-hydrogen) atoms. The second-order valence-corrected chi connectivity index (χ2v) is 4.69. The molecule has 2 rings (SSSR count). The Morgan fingerprint density at radius 1 is 1.25 bits per heavy atom. The summed E-state index contributed by atoms with van der Waals surface area (Å²) < 4.78 is 1.57. The number of H-pyrrole nitrogens is 1. The average Bonchev–Trinajstić information content (AvgIpc) is 2.64. The quantitative estimate of drug-likeness (QED) is 0.842. The Balaban J connectivity index is 2.86. The van der Waals surface area contributed by atoms with E-state index in [1.807, 2.05) is 13.8 Å². The number of imidazole rings is 1. The molecule has 1 N–H and O–H groups in total. The lowest BCUT2D eigenvalue weighted by molar-refractivity contribution is 0.735. The summed E-state index contributed by atoms with van der Waals surface area (Å²) in [4.78, 5) is 19.6. The first-order valence-corrected chi connectivity index (χ1v) is 5.61. The van der Waals surface area contributed by atoms with E-state index in [2.05, 4.69) is 23.8 Å². The van der Waals surface area contributed by atoms with Crippen LogP contribution < -0.4 is 5.56 Å². The van der Waals surface area contributed by atoms with Gasteiger partial charge in [0.05, 0.1) is 0 Å². The van der Waals surface area contributed by atoms with Crippen molar-refractivity contribution in [3.8, 4) is 0 Å². The van der Waals surface area contributed by atoms with Crippen LogP contribution in [0.2, 0.25) is 0 Å². The van der Waals surface area contributed by atoms with E-state index in [1.54, 1.807) is 16.8 Å². The van der Waals surface area contributed by atoms with Gasteiger partial charge in [-0.2, -0.15) is 0 Å². The van der Waals surface area contributed by atoms with Gasteiger partial charge in [0.2, 0.25) is 5.78 Å². The van der Waals surface area contributed by atoms with Crippen molar-refractivity contribution < 1.29 is 0 Å². The van der Waals surface area contributed by atoms with Crippen molar-refractivity contribution >= 4 is 5.78 Å². The van der Waals surface area contributed by atoms with Crippen molar-refractivity contribution in [3.05, 3.63) is 34.0 Å². The molecule has 2 aromatic heterocycles. The van der Waals surface area contributed by atoms with Crippen LogP contribution in [-0.2, 0) is 0 Å². The molecule has 0 saturated heterocycles. The first-order valence-electron chi connectivity index (χ1n) is 5.61. The number of hydrogen-bond donors (Lipinski definition) is 1. The summed E-state index contributed by atoms with van der Waals surface area (Å²) in [5, 5.41) is 0. The van der Waals surface area contributed by atoms with Crippen LogP contribution in [0.4, 0.5) is 0 Å². The fourth-order valence-electron chi connectivity index (χ4n) is 2.01. The summed E-state index contributed by atoms with van der Waals surface area (Å²) in [5.74, 6) is 1.14. The molecular weight excluding hydrogens is 202 g/mol. The van der Waals surface area contributed by atoms with Gasteiger partial charge in [-0.3, -0.25) is 9.20 Å². The van der Waals surface area contributed by atoms with Gasteiger partial charge >= 0.3 is 0 Å². The molecule has 0 spiro atoms. The molecule has 0 saturated carbocycles. The molecule has 0 aliphatic heterocycles. The minimum atomic E-state index is 0.0463. The molecular formula is C12H17N3O. The molecule has 4 nitrogen and oxygen atoms in total. The topological polar surface area (TPSA) is 50.2 Å². The Morgan fingerprint density at radius 2 is 1.94 bits per heavy atom. The molecule has 0 atom stereocenters. The number of nitrogens with one attached hydrogen (secondary N) is 1. The van der Waals surface area contributed by atoms with Gasteiger partial charge in [-0.15, -0.1) is 0 Å². The SMILES string of the molecule is CC(C)c1[nH]c2nccn2c(=O)c1C(C)C. The average molecular weight is 219 g/mol. The Morgan fingerprint density at radius 3 is 2.50 bits per heavy atom. The molecule has 4 heteroatoms. The van der Waals surface area contributed by atoms with Gasteiger partial charge in [-0.25, -0.2) is 4.98 Å². The summed E-state index contributed by atoms with van der Waals surface area (Å²) in [6, 6.07) is 0. The number of aromatic nitrogens is 3. The third-order valence-corrected chi connectivity index (χ3v) is 2.78. The predicted octanol–water partition coefficient (Wildman–Crippen LogP) is 2.27. The molecule has 0 bridgehead atoms. The van der Waals surface area contributed by atoms with Crippen LogP contribution in [0.15, 0.2) is 17.2 Å². The zero-order valence-corrected chi connectivity index (χ0v) is 10.1. The van der Waals surface area contributed by atoms with Crippen LogP contribution >= 0.6 is 0 Å². The molecule has 0 aliphatic rings. The van der Waals surface area contributed by atoms with Crippen molar-refractivity contribution in [2.24, 2.45) is 0 Å². The standard InChI is InChI=1S/C12H17N3O/c1-7(2)9-10(8(3)4)14-12-13-5-6-15(12)11(9)16/h5-8H,1-4H3,(H,13,14). The maximum Gasteiger partial charge on any atom is 0.262 e. The minimum absolute atomic E-state index is 0.0463. The van der Waals surface area contributed by atoms with Gasteiger partial charge in [0.15, 0.2) is 0 Å². The van der Waals surface area contributed by atoms with Gasteiger partial charge in [-0.05, 0) is 11.8 Å². The maximum absolute atomic E-state index is 12.3. The molecule has 86 valence electrons. The Bertz CT molecular complexity index is 563. The van der Waals surface area contributed by atoms with E-state index in [4.69, 9.17) is 0 Å². The molecule has 2 heterocycles. The first-order chi connectivity index (χ1) is 7.52. The zero-order chi connectivity index (χ0) is 11.9. The summed E-state index contributed by atoms with van der Waals surface area (Å²) >= 11 is 0. The monoisotopic (exact) mass is 219 g/mol. The molecule has 0 amide bonds. The Kier molecular flexibility index (Phi) is 2.58. The molecule has 0 fully saturated rings. The van der Waals surface area contributed by atoms with E-state index < -0.39 is 0 Å². The number of rotatable bonds is 2. The first kappa shape index (κ1) is 10.9. The largest absolute Gasteiger partial charge is 0.328 e. The van der Waals surface area contributed by atoms with Crippen molar-refractivity contribution in [2.45, 2.75) is 39.5 Å². The van der Waals surface area contributed by atoms with Crippen molar-refractivity contribution in [3.63, 3.8) is 0 Å². The third kappa shape index (κ3) is 1.54.